The summed E-state index contributed by atoms with van der Waals surface area (Å²) in [6.07, 6.45) is 0.597. The Morgan fingerprint density at radius 2 is 1.96 bits per heavy atom. The number of pyridine rings is 1. The zero-order valence-corrected chi connectivity index (χ0v) is 14.8. The summed E-state index contributed by atoms with van der Waals surface area (Å²) in [6, 6.07) is 14.3. The molecule has 0 aliphatic carbocycles. The van der Waals surface area contributed by atoms with Gasteiger partial charge in [0.05, 0.1) is 0 Å². The first kappa shape index (κ1) is 18.3. The number of aryl methyl sites for hydroxylation is 1. The lowest BCUT2D eigenvalue weighted by Crippen LogP contribution is -2.28. The highest BCUT2D eigenvalue weighted by atomic mass is 19.1. The second kappa shape index (κ2) is 8.25. The van der Waals surface area contributed by atoms with E-state index < -0.39 is 0 Å². The molecule has 26 heavy (non-hydrogen) atoms. The van der Waals surface area contributed by atoms with E-state index in [1.807, 2.05) is 37.3 Å². The van der Waals surface area contributed by atoms with Crippen LogP contribution in [0.3, 0.4) is 0 Å². The van der Waals surface area contributed by atoms with Crippen molar-refractivity contribution in [2.45, 2.75) is 26.4 Å². The van der Waals surface area contributed by atoms with E-state index in [1.165, 1.54) is 12.1 Å². The monoisotopic (exact) mass is 354 g/mol. The van der Waals surface area contributed by atoms with Crippen molar-refractivity contribution in [1.29, 1.82) is 0 Å². The molecule has 2 N–H and O–H groups in total. The van der Waals surface area contributed by atoms with Crippen LogP contribution < -0.4 is 5.56 Å². The molecule has 1 heterocycles. The van der Waals surface area contributed by atoms with Crippen LogP contribution in [-0.4, -0.2) is 28.1 Å². The number of aliphatic hydroxyl groups is 1. The number of aromatic nitrogens is 1. The van der Waals surface area contributed by atoms with Crippen molar-refractivity contribution < 1.29 is 9.50 Å². The third-order valence-corrected chi connectivity index (χ3v) is 4.40. The highest BCUT2D eigenvalue weighted by molar-refractivity contribution is 5.79. The average molecular weight is 354 g/mol. The van der Waals surface area contributed by atoms with Crippen LogP contribution in [0.2, 0.25) is 0 Å². The maximum Gasteiger partial charge on any atom is 0.252 e. The van der Waals surface area contributed by atoms with Crippen LogP contribution in [0.5, 0.6) is 0 Å². The van der Waals surface area contributed by atoms with Gasteiger partial charge in [-0.3, -0.25) is 9.69 Å². The molecule has 0 saturated carbocycles. The number of halogens is 1. The van der Waals surface area contributed by atoms with E-state index >= 15 is 0 Å². The first-order chi connectivity index (χ1) is 12.5. The standard InChI is InChI=1S/C21H23FN2O2/c1-15-6-7-20-17(10-15)12-18(21(26)23-20)14-24(8-3-9-25)13-16-4-2-5-19(22)11-16/h2,4-7,10-12,25H,3,8-9,13-14H2,1H3,(H,23,26). The molecule has 0 fully saturated rings. The van der Waals surface area contributed by atoms with E-state index in [0.717, 1.165) is 22.0 Å². The summed E-state index contributed by atoms with van der Waals surface area (Å²) >= 11 is 0. The quantitative estimate of drug-likeness (QED) is 0.684. The number of rotatable bonds is 7. The molecule has 0 spiro atoms. The van der Waals surface area contributed by atoms with E-state index in [2.05, 4.69) is 9.88 Å². The first-order valence-electron chi connectivity index (χ1n) is 8.75. The van der Waals surface area contributed by atoms with Crippen LogP contribution in [0.4, 0.5) is 4.39 Å². The minimum atomic E-state index is -0.274. The summed E-state index contributed by atoms with van der Waals surface area (Å²) in [5.74, 6) is -0.274. The molecule has 1 aromatic heterocycles. The van der Waals surface area contributed by atoms with Crippen LogP contribution in [0.15, 0.2) is 53.3 Å². The van der Waals surface area contributed by atoms with Crippen LogP contribution in [-0.2, 0) is 13.1 Å². The van der Waals surface area contributed by atoms with Gasteiger partial charge in [-0.25, -0.2) is 4.39 Å². The van der Waals surface area contributed by atoms with Gasteiger partial charge in [-0.2, -0.15) is 0 Å². The molecule has 0 radical (unpaired) electrons. The van der Waals surface area contributed by atoms with E-state index in [4.69, 9.17) is 5.11 Å². The van der Waals surface area contributed by atoms with Crippen LogP contribution >= 0.6 is 0 Å². The highest BCUT2D eigenvalue weighted by Crippen LogP contribution is 2.15. The van der Waals surface area contributed by atoms with Gasteiger partial charge in [0.15, 0.2) is 0 Å². The summed E-state index contributed by atoms with van der Waals surface area (Å²) in [5.41, 5.74) is 3.34. The fraction of sp³-hybridized carbons (Fsp3) is 0.286. The molecular formula is C21H23FN2O2. The molecule has 0 saturated heterocycles. The van der Waals surface area contributed by atoms with E-state index in [1.54, 1.807) is 6.07 Å². The normalized spacial score (nSPS) is 11.4. The van der Waals surface area contributed by atoms with Gasteiger partial charge in [0.2, 0.25) is 0 Å². The Labute approximate surface area is 151 Å². The minimum Gasteiger partial charge on any atom is -0.396 e. The third kappa shape index (κ3) is 4.56. The fourth-order valence-electron chi connectivity index (χ4n) is 3.13. The number of nitrogens with one attached hydrogen (secondary N) is 1. The average Bonchev–Trinajstić information content (AvgIpc) is 2.60. The van der Waals surface area contributed by atoms with Gasteiger partial charge < -0.3 is 10.1 Å². The molecule has 4 nitrogen and oxygen atoms in total. The lowest BCUT2D eigenvalue weighted by Gasteiger charge is -2.22. The molecule has 0 amide bonds. The number of fused-ring (bicyclic) bond motifs is 1. The van der Waals surface area contributed by atoms with Crippen molar-refractivity contribution in [3.8, 4) is 0 Å². The maximum absolute atomic E-state index is 13.5. The van der Waals surface area contributed by atoms with Gasteiger partial charge in [-0.05, 0) is 54.6 Å². The van der Waals surface area contributed by atoms with Gasteiger partial charge in [0.25, 0.3) is 5.56 Å². The van der Waals surface area contributed by atoms with Crippen molar-refractivity contribution in [1.82, 2.24) is 9.88 Å². The molecule has 3 aromatic rings. The van der Waals surface area contributed by atoms with Gasteiger partial charge in [-0.1, -0.05) is 23.8 Å². The van der Waals surface area contributed by atoms with Crippen LogP contribution in [0.1, 0.15) is 23.1 Å². The summed E-state index contributed by atoms with van der Waals surface area (Å²) in [4.78, 5) is 17.4. The SMILES string of the molecule is Cc1ccc2[nH]c(=O)c(CN(CCCO)Cc3cccc(F)c3)cc2c1. The Kier molecular flexibility index (Phi) is 5.81. The van der Waals surface area contributed by atoms with Crippen molar-refractivity contribution in [3.05, 3.63) is 81.4 Å². The molecular weight excluding hydrogens is 331 g/mol. The Balaban J connectivity index is 1.87. The van der Waals surface area contributed by atoms with E-state index in [0.29, 0.717) is 31.6 Å². The van der Waals surface area contributed by atoms with Crippen molar-refractivity contribution in [2.75, 3.05) is 13.2 Å². The predicted molar refractivity (Wildman–Crippen MR) is 102 cm³/mol. The smallest absolute Gasteiger partial charge is 0.252 e. The molecule has 0 atom stereocenters. The number of aromatic amines is 1. The Morgan fingerprint density at radius 1 is 1.12 bits per heavy atom. The molecule has 3 rings (SSSR count). The summed E-state index contributed by atoms with van der Waals surface area (Å²) in [7, 11) is 0. The first-order valence-corrected chi connectivity index (χ1v) is 8.75. The fourth-order valence-corrected chi connectivity index (χ4v) is 3.13. The predicted octanol–water partition coefficient (Wildman–Crippen LogP) is 3.36. The van der Waals surface area contributed by atoms with Crippen molar-refractivity contribution >= 4 is 10.9 Å². The Bertz CT molecular complexity index is 952. The molecule has 5 heteroatoms. The minimum absolute atomic E-state index is 0.0763. The number of nitrogens with zero attached hydrogens (tertiary/aromatic N) is 1. The Hall–Kier alpha value is -2.50. The second-order valence-electron chi connectivity index (χ2n) is 6.63. The number of aliphatic hydroxyl groups excluding tert-OH is 1. The van der Waals surface area contributed by atoms with E-state index in [-0.39, 0.29) is 18.0 Å². The zero-order valence-electron chi connectivity index (χ0n) is 14.8. The number of hydrogen-bond acceptors (Lipinski definition) is 3. The van der Waals surface area contributed by atoms with Crippen molar-refractivity contribution in [2.24, 2.45) is 0 Å². The summed E-state index contributed by atoms with van der Waals surface area (Å²) < 4.78 is 13.5. The number of H-pyrrole nitrogens is 1. The van der Waals surface area contributed by atoms with Crippen molar-refractivity contribution in [3.63, 3.8) is 0 Å². The zero-order chi connectivity index (χ0) is 18.5. The lowest BCUT2D eigenvalue weighted by atomic mass is 10.1. The molecule has 0 bridgehead atoms. The topological polar surface area (TPSA) is 56.3 Å². The molecule has 0 aliphatic heterocycles. The second-order valence-corrected chi connectivity index (χ2v) is 6.63. The van der Waals surface area contributed by atoms with Gasteiger partial charge in [-0.15, -0.1) is 0 Å². The maximum atomic E-state index is 13.5. The van der Waals surface area contributed by atoms with Gasteiger partial charge in [0.1, 0.15) is 5.82 Å². The molecule has 0 aliphatic rings. The largest absolute Gasteiger partial charge is 0.396 e. The number of benzene rings is 2. The molecule has 136 valence electrons. The van der Waals surface area contributed by atoms with Gasteiger partial charge >= 0.3 is 0 Å². The molecule has 0 unspecified atom stereocenters. The Morgan fingerprint density at radius 3 is 2.73 bits per heavy atom. The highest BCUT2D eigenvalue weighted by Gasteiger charge is 2.11. The number of hydrogen-bond donors (Lipinski definition) is 2. The van der Waals surface area contributed by atoms with Crippen LogP contribution in [0.25, 0.3) is 10.9 Å². The summed E-state index contributed by atoms with van der Waals surface area (Å²) in [5, 5.41) is 10.2. The van der Waals surface area contributed by atoms with Gasteiger partial charge in [0, 0.05) is 37.3 Å². The molecule has 2 aromatic carbocycles. The lowest BCUT2D eigenvalue weighted by molar-refractivity contribution is 0.212. The third-order valence-electron chi connectivity index (χ3n) is 4.40. The summed E-state index contributed by atoms with van der Waals surface area (Å²) in [6.45, 7) is 3.67. The van der Waals surface area contributed by atoms with Crippen LogP contribution in [0, 0.1) is 12.7 Å². The van der Waals surface area contributed by atoms with E-state index in [9.17, 15) is 9.18 Å².